The summed E-state index contributed by atoms with van der Waals surface area (Å²) in [5, 5.41) is 12.0. The van der Waals surface area contributed by atoms with Crippen LogP contribution >= 0.6 is 11.8 Å². The fourth-order valence-corrected chi connectivity index (χ4v) is 4.86. The second-order valence-corrected chi connectivity index (χ2v) is 9.44. The summed E-state index contributed by atoms with van der Waals surface area (Å²) in [4.78, 5) is 53.6. The van der Waals surface area contributed by atoms with Gasteiger partial charge in [-0.2, -0.15) is 11.8 Å². The molecule has 2 rings (SSSR count). The molecular formula is C21H37N5O5S. The van der Waals surface area contributed by atoms with E-state index in [2.05, 4.69) is 5.32 Å². The minimum atomic E-state index is -1.08. The minimum Gasteiger partial charge on any atom is -0.480 e. The lowest BCUT2D eigenvalue weighted by Gasteiger charge is -2.32. The number of rotatable bonds is 12. The molecule has 2 aliphatic rings. The van der Waals surface area contributed by atoms with Gasteiger partial charge in [-0.15, -0.1) is 0 Å². The molecule has 0 aromatic carbocycles. The molecule has 2 aliphatic heterocycles. The molecule has 0 aromatic rings. The first-order chi connectivity index (χ1) is 15.3. The van der Waals surface area contributed by atoms with E-state index in [1.807, 2.05) is 6.26 Å². The average Bonchev–Trinajstić information content (AvgIpc) is 3.45. The second kappa shape index (κ2) is 13.0. The highest BCUT2D eigenvalue weighted by Crippen LogP contribution is 2.26. The van der Waals surface area contributed by atoms with Crippen LogP contribution in [-0.2, 0) is 19.2 Å². The van der Waals surface area contributed by atoms with Crippen LogP contribution in [0, 0.1) is 0 Å². The van der Waals surface area contributed by atoms with Crippen molar-refractivity contribution in [3.63, 3.8) is 0 Å². The number of hydrogen-bond acceptors (Lipinski definition) is 7. The second-order valence-electron chi connectivity index (χ2n) is 8.45. The maximum atomic E-state index is 13.3. The standard InChI is InChI=1S/C21H37N5O5S/c1-32-13-9-15(21(30)31)24-18(27)16-7-4-11-25(16)20(29)17-8-5-12-26(17)19(28)14(23)6-2-3-10-22/h14-17H,2-13,22-23H2,1H3,(H,24,27)(H,30,31). The van der Waals surface area contributed by atoms with Gasteiger partial charge in [0.15, 0.2) is 0 Å². The van der Waals surface area contributed by atoms with Gasteiger partial charge in [-0.1, -0.05) is 6.42 Å². The number of hydrogen-bond donors (Lipinski definition) is 4. The van der Waals surface area contributed by atoms with Crippen molar-refractivity contribution in [2.75, 3.05) is 31.6 Å². The molecule has 0 radical (unpaired) electrons. The SMILES string of the molecule is CSCCC(NC(=O)C1CCCN1C(=O)C1CCCN1C(=O)C(N)CCCCN)C(=O)O. The third-order valence-electron chi connectivity index (χ3n) is 6.17. The van der Waals surface area contributed by atoms with Crippen molar-refractivity contribution in [3.8, 4) is 0 Å². The van der Waals surface area contributed by atoms with Crippen LogP contribution in [0.15, 0.2) is 0 Å². The summed E-state index contributed by atoms with van der Waals surface area (Å²) in [6.07, 6.45) is 6.64. The zero-order valence-corrected chi connectivity index (χ0v) is 19.6. The van der Waals surface area contributed by atoms with Crippen molar-refractivity contribution in [1.29, 1.82) is 0 Å². The molecule has 4 unspecified atom stereocenters. The smallest absolute Gasteiger partial charge is 0.326 e. The van der Waals surface area contributed by atoms with E-state index in [1.165, 1.54) is 16.7 Å². The molecule has 11 heteroatoms. The van der Waals surface area contributed by atoms with Crippen LogP contribution in [0.3, 0.4) is 0 Å². The molecular weight excluding hydrogens is 434 g/mol. The first kappa shape index (κ1) is 26.4. The fourth-order valence-electron chi connectivity index (χ4n) is 4.39. The minimum absolute atomic E-state index is 0.235. The Morgan fingerprint density at radius 2 is 1.72 bits per heavy atom. The Balaban J connectivity index is 2.02. The number of unbranched alkanes of at least 4 members (excludes halogenated alkanes) is 1. The van der Waals surface area contributed by atoms with Crippen molar-refractivity contribution in [2.24, 2.45) is 11.5 Å². The highest BCUT2D eigenvalue weighted by Gasteiger charge is 2.43. The first-order valence-corrected chi connectivity index (χ1v) is 12.8. The third kappa shape index (κ3) is 6.82. The molecule has 2 fully saturated rings. The Morgan fingerprint density at radius 3 is 2.34 bits per heavy atom. The van der Waals surface area contributed by atoms with Gasteiger partial charge < -0.3 is 31.7 Å². The highest BCUT2D eigenvalue weighted by atomic mass is 32.2. The first-order valence-electron chi connectivity index (χ1n) is 11.4. The Labute approximate surface area is 193 Å². The molecule has 2 heterocycles. The molecule has 6 N–H and O–H groups in total. The van der Waals surface area contributed by atoms with Crippen LogP contribution in [0.2, 0.25) is 0 Å². The summed E-state index contributed by atoms with van der Waals surface area (Å²) < 4.78 is 0. The molecule has 2 saturated heterocycles. The van der Waals surface area contributed by atoms with Gasteiger partial charge in [0, 0.05) is 13.1 Å². The quantitative estimate of drug-likeness (QED) is 0.284. The number of nitrogens with two attached hydrogens (primary N) is 2. The maximum Gasteiger partial charge on any atom is 0.326 e. The van der Waals surface area contributed by atoms with E-state index in [4.69, 9.17) is 11.5 Å². The van der Waals surface area contributed by atoms with Crippen LogP contribution in [0.25, 0.3) is 0 Å². The van der Waals surface area contributed by atoms with Crippen LogP contribution in [0.4, 0.5) is 0 Å². The number of carboxylic acids is 1. The van der Waals surface area contributed by atoms with Crippen LogP contribution in [-0.4, -0.2) is 94.4 Å². The van der Waals surface area contributed by atoms with Gasteiger partial charge >= 0.3 is 5.97 Å². The van der Waals surface area contributed by atoms with Crippen molar-refractivity contribution in [2.45, 2.75) is 75.5 Å². The van der Waals surface area contributed by atoms with E-state index in [0.717, 1.165) is 12.8 Å². The van der Waals surface area contributed by atoms with Gasteiger partial charge in [-0.25, -0.2) is 4.79 Å². The number of carbonyl (C=O) groups is 4. The molecule has 32 heavy (non-hydrogen) atoms. The zero-order valence-electron chi connectivity index (χ0n) is 18.8. The molecule has 182 valence electrons. The predicted molar refractivity (Wildman–Crippen MR) is 123 cm³/mol. The largest absolute Gasteiger partial charge is 0.480 e. The molecule has 0 spiro atoms. The van der Waals surface area contributed by atoms with Crippen molar-refractivity contribution in [1.82, 2.24) is 15.1 Å². The maximum absolute atomic E-state index is 13.3. The lowest BCUT2D eigenvalue weighted by Crippen LogP contribution is -2.56. The number of carbonyl (C=O) groups excluding carboxylic acids is 3. The fraction of sp³-hybridized carbons (Fsp3) is 0.810. The van der Waals surface area contributed by atoms with Gasteiger partial charge in [0.2, 0.25) is 17.7 Å². The summed E-state index contributed by atoms with van der Waals surface area (Å²) in [6.45, 7) is 1.44. The average molecular weight is 472 g/mol. The molecule has 0 saturated carbocycles. The number of aliphatic carboxylic acids is 1. The summed E-state index contributed by atoms with van der Waals surface area (Å²) in [6, 6.07) is -2.98. The molecule has 0 aliphatic carbocycles. The number of thioether (sulfide) groups is 1. The number of nitrogens with zero attached hydrogens (tertiary/aromatic N) is 2. The lowest BCUT2D eigenvalue weighted by atomic mass is 10.1. The van der Waals surface area contributed by atoms with E-state index in [9.17, 15) is 24.3 Å². The number of carboxylic acid groups (broad SMARTS) is 1. The van der Waals surface area contributed by atoms with Gasteiger partial charge in [-0.3, -0.25) is 14.4 Å². The van der Waals surface area contributed by atoms with Crippen LogP contribution in [0.1, 0.15) is 51.4 Å². The highest BCUT2D eigenvalue weighted by molar-refractivity contribution is 7.98. The van der Waals surface area contributed by atoms with Crippen LogP contribution < -0.4 is 16.8 Å². The summed E-state index contributed by atoms with van der Waals surface area (Å²) in [5.74, 6) is -1.41. The molecule has 0 bridgehead atoms. The van der Waals surface area contributed by atoms with Gasteiger partial charge in [-0.05, 0) is 63.5 Å². The van der Waals surface area contributed by atoms with Crippen LogP contribution in [0.5, 0.6) is 0 Å². The van der Waals surface area contributed by atoms with Crippen molar-refractivity contribution in [3.05, 3.63) is 0 Å². The Kier molecular flexibility index (Phi) is 10.7. The van der Waals surface area contributed by atoms with Gasteiger partial charge in [0.05, 0.1) is 6.04 Å². The number of likely N-dealkylation sites (tertiary alicyclic amines) is 2. The van der Waals surface area contributed by atoms with E-state index >= 15 is 0 Å². The van der Waals surface area contributed by atoms with E-state index in [0.29, 0.717) is 63.9 Å². The zero-order chi connectivity index (χ0) is 23.7. The van der Waals surface area contributed by atoms with E-state index < -0.39 is 36.0 Å². The van der Waals surface area contributed by atoms with Crippen molar-refractivity contribution < 1.29 is 24.3 Å². The summed E-state index contributed by atoms with van der Waals surface area (Å²) in [7, 11) is 0. The summed E-state index contributed by atoms with van der Waals surface area (Å²) in [5.41, 5.74) is 11.6. The molecule has 3 amide bonds. The summed E-state index contributed by atoms with van der Waals surface area (Å²) >= 11 is 1.51. The lowest BCUT2D eigenvalue weighted by molar-refractivity contribution is -0.148. The topological polar surface area (TPSA) is 159 Å². The predicted octanol–water partition coefficient (Wildman–Crippen LogP) is -0.253. The van der Waals surface area contributed by atoms with Gasteiger partial charge in [0.25, 0.3) is 0 Å². The molecule has 10 nitrogen and oxygen atoms in total. The molecule has 4 atom stereocenters. The van der Waals surface area contributed by atoms with E-state index in [1.54, 1.807) is 4.90 Å². The van der Waals surface area contributed by atoms with Crippen molar-refractivity contribution >= 4 is 35.5 Å². The number of amides is 3. The normalized spacial score (nSPS) is 22.6. The van der Waals surface area contributed by atoms with E-state index in [-0.39, 0.29) is 11.8 Å². The third-order valence-corrected chi connectivity index (χ3v) is 6.82. The Morgan fingerprint density at radius 1 is 1.06 bits per heavy atom. The Hall–Kier alpha value is -1.85. The Bertz CT molecular complexity index is 679. The van der Waals surface area contributed by atoms with Gasteiger partial charge in [0.1, 0.15) is 18.1 Å². The number of nitrogens with one attached hydrogen (secondary N) is 1. The molecule has 0 aromatic heterocycles. The monoisotopic (exact) mass is 471 g/mol.